The van der Waals surface area contributed by atoms with Crippen molar-refractivity contribution in [3.63, 3.8) is 0 Å². The summed E-state index contributed by atoms with van der Waals surface area (Å²) in [6.45, 7) is 5.06. The Labute approximate surface area is 224 Å². The normalized spacial score (nSPS) is 13.8. The zero-order chi connectivity index (χ0) is 26.5. The van der Waals surface area contributed by atoms with Crippen molar-refractivity contribution in [3.8, 4) is 17.1 Å². The fourth-order valence-electron chi connectivity index (χ4n) is 4.36. The standard InChI is InChI=1S/C28H25ClFN5O3/c1-2-27(36)35-10-8-19(9-11-35)24-14-26(38-34-24)22-15-31-17-32-28(22)33-21-6-7-25(23(29)13-21)37-16-18-4-3-5-20(30)12-18/h2-7,12-15,17,19H,1,8-11,16H2,(H,31,32,33). The fourth-order valence-corrected chi connectivity index (χ4v) is 4.60. The van der Waals surface area contributed by atoms with Gasteiger partial charge in [-0.05, 0) is 54.8 Å². The van der Waals surface area contributed by atoms with E-state index >= 15 is 0 Å². The molecule has 1 aliphatic rings. The number of likely N-dealkylation sites (tertiary alicyclic amines) is 1. The van der Waals surface area contributed by atoms with E-state index in [2.05, 4.69) is 27.0 Å². The molecule has 0 unspecified atom stereocenters. The molecule has 1 aliphatic heterocycles. The van der Waals surface area contributed by atoms with Crippen molar-refractivity contribution in [3.05, 3.63) is 95.8 Å². The highest BCUT2D eigenvalue weighted by molar-refractivity contribution is 6.32. The molecule has 1 fully saturated rings. The van der Waals surface area contributed by atoms with E-state index < -0.39 is 0 Å². The number of benzene rings is 2. The Morgan fingerprint density at radius 2 is 2.08 bits per heavy atom. The van der Waals surface area contributed by atoms with Gasteiger partial charge in [-0.1, -0.05) is 35.5 Å². The van der Waals surface area contributed by atoms with Gasteiger partial charge in [0.15, 0.2) is 5.76 Å². The van der Waals surface area contributed by atoms with E-state index in [4.69, 9.17) is 20.9 Å². The van der Waals surface area contributed by atoms with Crippen LogP contribution in [0.25, 0.3) is 11.3 Å². The number of nitrogens with one attached hydrogen (secondary N) is 1. The van der Waals surface area contributed by atoms with Gasteiger partial charge in [-0.2, -0.15) is 0 Å². The van der Waals surface area contributed by atoms with Crippen molar-refractivity contribution in [1.82, 2.24) is 20.0 Å². The summed E-state index contributed by atoms with van der Waals surface area (Å²) in [5.74, 6) is 1.37. The zero-order valence-electron chi connectivity index (χ0n) is 20.4. The number of ether oxygens (including phenoxy) is 1. The molecule has 38 heavy (non-hydrogen) atoms. The Bertz CT molecular complexity index is 1450. The van der Waals surface area contributed by atoms with Gasteiger partial charge in [-0.3, -0.25) is 4.79 Å². The van der Waals surface area contributed by atoms with E-state index in [9.17, 15) is 9.18 Å². The number of hydrogen-bond donors (Lipinski definition) is 1. The van der Waals surface area contributed by atoms with Crippen LogP contribution in [-0.4, -0.2) is 39.0 Å². The first kappa shape index (κ1) is 25.4. The second-order valence-electron chi connectivity index (χ2n) is 8.89. The minimum absolute atomic E-state index is 0.0484. The van der Waals surface area contributed by atoms with Crippen LogP contribution in [-0.2, 0) is 11.4 Å². The number of carbonyl (C=O) groups excluding carboxylic acids is 1. The first-order chi connectivity index (χ1) is 18.5. The van der Waals surface area contributed by atoms with Crippen LogP contribution < -0.4 is 10.1 Å². The van der Waals surface area contributed by atoms with Gasteiger partial charge in [-0.25, -0.2) is 14.4 Å². The first-order valence-corrected chi connectivity index (χ1v) is 12.5. The highest BCUT2D eigenvalue weighted by Crippen LogP contribution is 2.35. The van der Waals surface area contributed by atoms with Gasteiger partial charge < -0.3 is 19.5 Å². The highest BCUT2D eigenvalue weighted by Gasteiger charge is 2.25. The zero-order valence-corrected chi connectivity index (χ0v) is 21.2. The number of aromatic nitrogens is 3. The summed E-state index contributed by atoms with van der Waals surface area (Å²) in [5.41, 5.74) is 2.87. The summed E-state index contributed by atoms with van der Waals surface area (Å²) in [6.07, 6.45) is 6.04. The van der Waals surface area contributed by atoms with Crippen LogP contribution in [0.4, 0.5) is 15.9 Å². The maximum Gasteiger partial charge on any atom is 0.245 e. The summed E-state index contributed by atoms with van der Waals surface area (Å²) >= 11 is 6.45. The topological polar surface area (TPSA) is 93.4 Å². The van der Waals surface area contributed by atoms with Crippen LogP contribution in [0.1, 0.15) is 30.0 Å². The molecular formula is C28H25ClFN5O3. The van der Waals surface area contributed by atoms with Crippen LogP contribution in [0.5, 0.6) is 5.75 Å². The summed E-state index contributed by atoms with van der Waals surface area (Å²) in [4.78, 5) is 22.2. The Morgan fingerprint density at radius 3 is 2.84 bits per heavy atom. The van der Waals surface area contributed by atoms with E-state index in [0.717, 1.165) is 18.5 Å². The Morgan fingerprint density at radius 1 is 1.24 bits per heavy atom. The average molecular weight is 534 g/mol. The molecule has 0 saturated carbocycles. The van der Waals surface area contributed by atoms with Crippen molar-refractivity contribution in [2.24, 2.45) is 0 Å². The van der Waals surface area contributed by atoms with Crippen molar-refractivity contribution in [2.45, 2.75) is 25.4 Å². The quantitative estimate of drug-likeness (QED) is 0.272. The highest BCUT2D eigenvalue weighted by atomic mass is 35.5. The van der Waals surface area contributed by atoms with Crippen LogP contribution in [0.15, 0.2) is 78.2 Å². The molecule has 1 amide bonds. The maximum absolute atomic E-state index is 13.4. The van der Waals surface area contributed by atoms with E-state index in [1.54, 1.807) is 35.4 Å². The lowest BCUT2D eigenvalue weighted by atomic mass is 9.93. The van der Waals surface area contributed by atoms with Crippen molar-refractivity contribution in [2.75, 3.05) is 18.4 Å². The SMILES string of the molecule is C=CC(=O)N1CCC(c2cc(-c3cncnc3Nc3ccc(OCc4cccc(F)c4)c(Cl)c3)on2)CC1. The van der Waals surface area contributed by atoms with Gasteiger partial charge in [0.25, 0.3) is 0 Å². The molecule has 1 saturated heterocycles. The molecule has 1 N–H and O–H groups in total. The molecule has 10 heteroatoms. The first-order valence-electron chi connectivity index (χ1n) is 12.1. The van der Waals surface area contributed by atoms with Crippen molar-refractivity contribution < 1.29 is 18.4 Å². The lowest BCUT2D eigenvalue weighted by molar-refractivity contribution is -0.127. The van der Waals surface area contributed by atoms with Gasteiger partial charge in [0.2, 0.25) is 5.91 Å². The number of anilines is 2. The molecule has 5 rings (SSSR count). The predicted octanol–water partition coefficient (Wildman–Crippen LogP) is 6.14. The Balaban J connectivity index is 1.26. The minimum atomic E-state index is -0.318. The van der Waals surface area contributed by atoms with Gasteiger partial charge >= 0.3 is 0 Å². The van der Waals surface area contributed by atoms with Crippen LogP contribution in [0, 0.1) is 5.82 Å². The smallest absolute Gasteiger partial charge is 0.245 e. The van der Waals surface area contributed by atoms with E-state index in [1.807, 2.05) is 12.1 Å². The predicted molar refractivity (Wildman–Crippen MR) is 142 cm³/mol. The molecule has 2 aromatic carbocycles. The van der Waals surface area contributed by atoms with Crippen molar-refractivity contribution in [1.29, 1.82) is 0 Å². The second-order valence-corrected chi connectivity index (χ2v) is 9.30. The van der Waals surface area contributed by atoms with Crippen LogP contribution in [0.3, 0.4) is 0 Å². The van der Waals surface area contributed by atoms with Gasteiger partial charge in [0, 0.05) is 37.0 Å². The number of halogens is 2. The minimum Gasteiger partial charge on any atom is -0.487 e. The van der Waals surface area contributed by atoms with E-state index in [-0.39, 0.29) is 24.2 Å². The number of hydrogen-bond acceptors (Lipinski definition) is 7. The molecule has 0 atom stereocenters. The molecule has 0 spiro atoms. The molecule has 194 valence electrons. The fraction of sp³-hybridized carbons (Fsp3) is 0.214. The maximum atomic E-state index is 13.4. The third-order valence-electron chi connectivity index (χ3n) is 6.38. The Hall–Kier alpha value is -4.24. The molecular weight excluding hydrogens is 509 g/mol. The largest absolute Gasteiger partial charge is 0.487 e. The van der Waals surface area contributed by atoms with Gasteiger partial charge in [0.05, 0.1) is 16.3 Å². The lowest BCUT2D eigenvalue weighted by Crippen LogP contribution is -2.36. The molecule has 4 aromatic rings. The van der Waals surface area contributed by atoms with Crippen molar-refractivity contribution >= 4 is 29.0 Å². The summed E-state index contributed by atoms with van der Waals surface area (Å²) in [5, 5.41) is 7.93. The molecule has 0 aliphatic carbocycles. The van der Waals surface area contributed by atoms with Gasteiger partial charge in [0.1, 0.15) is 30.3 Å². The summed E-state index contributed by atoms with van der Waals surface area (Å²) < 4.78 is 24.8. The third-order valence-corrected chi connectivity index (χ3v) is 6.68. The molecule has 8 nitrogen and oxygen atoms in total. The average Bonchev–Trinajstić information content (AvgIpc) is 3.43. The van der Waals surface area contributed by atoms with Crippen LogP contribution >= 0.6 is 11.6 Å². The lowest BCUT2D eigenvalue weighted by Gasteiger charge is -2.30. The molecule has 3 heterocycles. The number of piperidine rings is 1. The van der Waals surface area contributed by atoms with Crippen LogP contribution in [0.2, 0.25) is 5.02 Å². The van der Waals surface area contributed by atoms with Gasteiger partial charge in [-0.15, -0.1) is 0 Å². The third kappa shape index (κ3) is 5.84. The molecule has 0 bridgehead atoms. The molecule has 0 radical (unpaired) electrons. The monoisotopic (exact) mass is 533 g/mol. The number of carbonyl (C=O) groups is 1. The Kier molecular flexibility index (Phi) is 7.65. The molecule has 2 aromatic heterocycles. The number of amides is 1. The number of rotatable bonds is 8. The second kappa shape index (κ2) is 11.4. The summed E-state index contributed by atoms with van der Waals surface area (Å²) in [6, 6.07) is 13.4. The van der Waals surface area contributed by atoms with E-state index in [1.165, 1.54) is 24.5 Å². The summed E-state index contributed by atoms with van der Waals surface area (Å²) in [7, 11) is 0. The number of nitrogens with zero attached hydrogens (tertiary/aromatic N) is 4. The van der Waals surface area contributed by atoms with E-state index in [0.29, 0.717) is 52.3 Å².